The number of nitrogens with zero attached hydrogens (tertiary/aromatic N) is 4. The molecule has 0 spiro atoms. The maximum atomic E-state index is 14.5. The fourth-order valence-electron chi connectivity index (χ4n) is 12.7. The predicted molar refractivity (Wildman–Crippen MR) is 360 cm³/mol. The molecule has 5 heterocycles. The lowest BCUT2D eigenvalue weighted by Gasteiger charge is -2.28. The van der Waals surface area contributed by atoms with Crippen LogP contribution < -0.4 is 35.3 Å². The van der Waals surface area contributed by atoms with Crippen LogP contribution in [-0.2, 0) is 62.5 Å². The summed E-state index contributed by atoms with van der Waals surface area (Å²) in [6.45, 7) is 9.90. The molecule has 0 bridgehead atoms. The number of unbranched alkanes of at least 4 members (excludes halogenated alkanes) is 3. The van der Waals surface area contributed by atoms with Crippen molar-refractivity contribution in [1.29, 1.82) is 0 Å². The largest absolute Gasteiger partial charge is 0.493 e. The van der Waals surface area contributed by atoms with Crippen LogP contribution in [0.4, 0.5) is 5.69 Å². The zero-order valence-electron chi connectivity index (χ0n) is 54.9. The molecule has 5 N–H and O–H groups in total. The second-order valence-electron chi connectivity index (χ2n) is 24.8. The van der Waals surface area contributed by atoms with E-state index >= 15 is 0 Å². The number of nitrogens with two attached hydrogens (primary N) is 1. The highest BCUT2D eigenvalue weighted by Gasteiger charge is 2.48. The van der Waals surface area contributed by atoms with Crippen molar-refractivity contribution in [2.75, 3.05) is 79.6 Å². The molecule has 6 amide bonds. The van der Waals surface area contributed by atoms with Gasteiger partial charge in [0, 0.05) is 82.0 Å². The number of imide groups is 1. The topological polar surface area (TPSA) is 301 Å². The van der Waals surface area contributed by atoms with Crippen molar-refractivity contribution in [3.05, 3.63) is 137 Å². The molecule has 4 aromatic rings. The summed E-state index contributed by atoms with van der Waals surface area (Å²) in [4.78, 5) is 130. The number of hydrogen-bond acceptors (Lipinski definition) is 19. The third-order valence-corrected chi connectivity index (χ3v) is 18.9. The summed E-state index contributed by atoms with van der Waals surface area (Å²) in [5, 5.41) is 17.4. The number of ketones is 2. The standard InChI is InChI=1S/C72H87N7O16S/c1-44-30-50-40-75-56-38-62(60(91-4)37-54(56)70(87)78(50)41-44)94-27-13-7-12-26-93-61-35-52-53(36-59(61)90-3)69(86)79-42-45(2)31-57(79)67(84)66(52)72(89)95-43-48-19-17-47(18-20-48)33-58(81)55(16-10-11-23-73)76-68(85)49(32-46-14-8-6-9-15-46)34-51(80)22-28-92-29-24-74-64(82)21-25-77-65(83)39-63(96-5)71(77)88/h6,8-9,14-15,17-20,35-38,40,49-50,55,57,63,66-67,84H,1-2,7,10-13,16,21-34,39,41-43,73H2,3-5H3,(H,74,82)(H,76,85)/t49-,50+,55+,57+,63?,66?,67+/m1/s1. The monoisotopic (exact) mass is 1340 g/mol. The molecular weight excluding hydrogens is 1250 g/mol. The highest BCUT2D eigenvalue weighted by molar-refractivity contribution is 8.00. The van der Waals surface area contributed by atoms with Gasteiger partial charge >= 0.3 is 5.97 Å². The molecule has 7 atom stereocenters. The number of aliphatic imine (C=N–C) groups is 1. The van der Waals surface area contributed by atoms with E-state index in [9.17, 15) is 48.3 Å². The molecular formula is C72H87N7O16S. The SMILES string of the molecule is C=C1C[C@H]2C=Nc3cc(OCCCCCOc4cc5c(cc4OC)C(=O)N4CC(=C)C[C@H]4[C@H](O)C5C(=O)OCc4ccc(CC(=O)[C@H](CCCCN)NC(=O)[C@@H](CC(=O)CCOCCNC(=O)CCN5C(=O)CC(SC)C5=O)Cc5ccccc5)cc4)c(OC)cc3C(=O)N2C1. The molecule has 3 saturated heterocycles. The molecule has 0 radical (unpaired) electrons. The van der Waals surface area contributed by atoms with Crippen molar-refractivity contribution in [2.45, 2.75) is 132 Å². The van der Waals surface area contributed by atoms with Gasteiger partial charge in [-0.3, -0.25) is 53.0 Å². The van der Waals surface area contributed by atoms with Crippen LogP contribution in [-0.4, -0.2) is 188 Å². The number of nitrogens with one attached hydrogen (secondary N) is 2. The first-order valence-corrected chi connectivity index (χ1v) is 34.1. The van der Waals surface area contributed by atoms with Gasteiger partial charge in [-0.15, -0.1) is 0 Å². The number of rotatable bonds is 36. The summed E-state index contributed by atoms with van der Waals surface area (Å²) in [7, 11) is 2.98. The molecule has 9 rings (SSSR count). The number of carbonyl (C=O) groups is 9. The van der Waals surface area contributed by atoms with Gasteiger partial charge in [-0.1, -0.05) is 78.9 Å². The Balaban J connectivity index is 0.775. The fourth-order valence-corrected chi connectivity index (χ4v) is 13.3. The third kappa shape index (κ3) is 18.2. The first-order valence-electron chi connectivity index (χ1n) is 32.8. The third-order valence-electron chi connectivity index (χ3n) is 17.9. The van der Waals surface area contributed by atoms with Gasteiger partial charge in [0.1, 0.15) is 18.3 Å². The Labute approximate surface area is 563 Å². The van der Waals surface area contributed by atoms with Crippen LogP contribution in [0.3, 0.4) is 0 Å². The summed E-state index contributed by atoms with van der Waals surface area (Å²) < 4.78 is 35.4. The Kier molecular flexibility index (Phi) is 25.6. The van der Waals surface area contributed by atoms with E-state index in [4.69, 9.17) is 34.2 Å². The van der Waals surface area contributed by atoms with E-state index in [0.717, 1.165) is 21.6 Å². The summed E-state index contributed by atoms with van der Waals surface area (Å²) >= 11 is 1.31. The maximum absolute atomic E-state index is 14.5. The van der Waals surface area contributed by atoms with Crippen molar-refractivity contribution in [3.63, 3.8) is 0 Å². The number of fused-ring (bicyclic) bond motifs is 4. The number of aliphatic hydroxyl groups is 1. The van der Waals surface area contributed by atoms with E-state index < -0.39 is 53.1 Å². The number of aliphatic hydroxyl groups excluding tert-OH is 1. The quantitative estimate of drug-likeness (QED) is 0.0159. The van der Waals surface area contributed by atoms with Crippen LogP contribution in [0.1, 0.15) is 126 Å². The molecule has 2 unspecified atom stereocenters. The van der Waals surface area contributed by atoms with E-state index in [-0.39, 0.29) is 155 Å². The van der Waals surface area contributed by atoms with Gasteiger partial charge in [0.05, 0.1) is 81.4 Å². The number of benzene rings is 4. The number of Topliss-reactive ketones (excluding diaryl/α,β-unsaturated/α-hetero) is 2. The van der Waals surface area contributed by atoms with Crippen LogP contribution in [0.5, 0.6) is 23.0 Å². The zero-order valence-corrected chi connectivity index (χ0v) is 55.7. The molecule has 24 heteroatoms. The average molecular weight is 1340 g/mol. The minimum absolute atomic E-state index is 0.000517. The van der Waals surface area contributed by atoms with Gasteiger partial charge in [0.15, 0.2) is 28.8 Å². The second kappa shape index (κ2) is 34.3. The zero-order chi connectivity index (χ0) is 68.4. The summed E-state index contributed by atoms with van der Waals surface area (Å²) in [5.74, 6) is -3.83. The molecule has 5 aliphatic heterocycles. The highest BCUT2D eigenvalue weighted by atomic mass is 32.2. The highest BCUT2D eigenvalue weighted by Crippen LogP contribution is 2.44. The second-order valence-corrected chi connectivity index (χ2v) is 25.9. The van der Waals surface area contributed by atoms with Gasteiger partial charge in [-0.2, -0.15) is 11.8 Å². The molecule has 3 fully saturated rings. The number of carbonyl (C=O) groups excluding carboxylic acids is 9. The Morgan fingerprint density at radius 3 is 2.12 bits per heavy atom. The Morgan fingerprint density at radius 2 is 1.43 bits per heavy atom. The Bertz CT molecular complexity index is 3560. The van der Waals surface area contributed by atoms with Crippen LogP contribution in [0.25, 0.3) is 0 Å². The lowest BCUT2D eigenvalue weighted by Crippen LogP contribution is -2.45. The molecule has 23 nitrogen and oxygen atoms in total. The molecule has 0 aliphatic carbocycles. The fraction of sp³-hybridized carbons (Fsp3) is 0.472. The van der Waals surface area contributed by atoms with E-state index in [1.54, 1.807) is 59.8 Å². The number of thioether (sulfide) groups is 1. The van der Waals surface area contributed by atoms with Crippen molar-refractivity contribution in [3.8, 4) is 23.0 Å². The lowest BCUT2D eigenvalue weighted by molar-refractivity contribution is -0.150. The summed E-state index contributed by atoms with van der Waals surface area (Å²) in [6, 6.07) is 20.9. The number of ether oxygens (including phenoxy) is 6. The number of amides is 6. The summed E-state index contributed by atoms with van der Waals surface area (Å²) in [6.07, 6.45) is 6.74. The van der Waals surface area contributed by atoms with Crippen molar-refractivity contribution >= 4 is 76.6 Å². The van der Waals surface area contributed by atoms with Crippen LogP contribution in [0.15, 0.2) is 108 Å². The van der Waals surface area contributed by atoms with E-state index in [1.165, 1.54) is 36.9 Å². The summed E-state index contributed by atoms with van der Waals surface area (Å²) in [5.41, 5.74) is 10.9. The average Bonchev–Trinajstić information content (AvgIpc) is 1.55. The van der Waals surface area contributed by atoms with Gasteiger partial charge in [0.2, 0.25) is 23.6 Å². The first kappa shape index (κ1) is 71.6. The lowest BCUT2D eigenvalue weighted by atomic mass is 9.86. The number of esters is 1. The van der Waals surface area contributed by atoms with Crippen molar-refractivity contribution in [1.82, 2.24) is 25.3 Å². The molecule has 96 heavy (non-hydrogen) atoms. The van der Waals surface area contributed by atoms with Crippen LogP contribution >= 0.6 is 11.8 Å². The van der Waals surface area contributed by atoms with Crippen LogP contribution in [0.2, 0.25) is 0 Å². The van der Waals surface area contributed by atoms with Gasteiger partial charge in [-0.05, 0) is 111 Å². The number of hydrogen-bond donors (Lipinski definition) is 4. The van der Waals surface area contributed by atoms with Crippen molar-refractivity contribution < 1.29 is 76.7 Å². The van der Waals surface area contributed by atoms with E-state index in [0.29, 0.717) is 98.5 Å². The molecule has 0 aromatic heterocycles. The normalized spacial score (nSPS) is 19.4. The van der Waals surface area contributed by atoms with Gasteiger partial charge in [-0.25, -0.2) is 0 Å². The molecule has 0 saturated carbocycles. The predicted octanol–water partition coefficient (Wildman–Crippen LogP) is 6.74. The minimum atomic E-state index is -1.37. The maximum Gasteiger partial charge on any atom is 0.316 e. The van der Waals surface area contributed by atoms with Crippen molar-refractivity contribution in [2.24, 2.45) is 16.6 Å². The first-order chi connectivity index (χ1) is 46.4. The molecule has 5 aliphatic rings. The Morgan fingerprint density at radius 1 is 0.750 bits per heavy atom. The van der Waals surface area contributed by atoms with E-state index in [1.807, 2.05) is 30.3 Å². The van der Waals surface area contributed by atoms with Crippen LogP contribution in [0, 0.1) is 5.92 Å². The number of methoxy groups -OCH3 is 2. The van der Waals surface area contributed by atoms with Gasteiger partial charge in [0.25, 0.3) is 11.8 Å². The smallest absolute Gasteiger partial charge is 0.316 e. The Hall–Kier alpha value is -8.71. The molecule has 4 aromatic carbocycles. The molecule has 512 valence electrons. The minimum Gasteiger partial charge on any atom is -0.493 e. The number of likely N-dealkylation sites (tertiary alicyclic amines) is 1. The van der Waals surface area contributed by atoms with E-state index in [2.05, 4.69) is 28.8 Å². The van der Waals surface area contributed by atoms with Gasteiger partial charge < -0.3 is 59.7 Å².